The molecule has 1 saturated heterocycles. The van der Waals surface area contributed by atoms with E-state index in [4.69, 9.17) is 10.5 Å². The molecule has 0 radical (unpaired) electrons. The molecule has 0 amide bonds. The number of rotatable bonds is 4. The summed E-state index contributed by atoms with van der Waals surface area (Å²) in [5.74, 6) is -0.0725. The largest absolute Gasteiger partial charge is 0.490 e. The molecule has 0 bridgehead atoms. The molecule has 4 heteroatoms. The normalized spacial score (nSPS) is 19.3. The fraction of sp³-hybridized carbons (Fsp3) is 0.571. The van der Waals surface area contributed by atoms with Crippen molar-refractivity contribution in [3.8, 4) is 5.75 Å². The smallest absolute Gasteiger partial charge is 0.167 e. The molecule has 1 aromatic carbocycles. The number of benzene rings is 1. The van der Waals surface area contributed by atoms with Crippen molar-refractivity contribution >= 4 is 11.4 Å². The Bertz CT molecular complexity index is 423. The third-order valence-corrected chi connectivity index (χ3v) is 3.41. The maximum atomic E-state index is 13.7. The molecule has 18 heavy (non-hydrogen) atoms. The van der Waals surface area contributed by atoms with E-state index in [1.165, 1.54) is 6.07 Å². The zero-order valence-electron chi connectivity index (χ0n) is 11.1. The van der Waals surface area contributed by atoms with Crippen molar-refractivity contribution in [1.29, 1.82) is 0 Å². The molecule has 1 aliphatic rings. The predicted octanol–water partition coefficient (Wildman–Crippen LogP) is 3.19. The van der Waals surface area contributed by atoms with Crippen LogP contribution in [0.5, 0.6) is 5.75 Å². The van der Waals surface area contributed by atoms with Crippen LogP contribution in [0.3, 0.4) is 0 Å². The molecule has 1 heterocycles. The molecule has 3 nitrogen and oxygen atoms in total. The lowest BCUT2D eigenvalue weighted by Crippen LogP contribution is -2.27. The van der Waals surface area contributed by atoms with Crippen LogP contribution >= 0.6 is 0 Å². The van der Waals surface area contributed by atoms with E-state index in [0.29, 0.717) is 24.1 Å². The van der Waals surface area contributed by atoms with Gasteiger partial charge in [-0.05, 0) is 26.2 Å². The Balaban J connectivity index is 2.28. The van der Waals surface area contributed by atoms with Crippen LogP contribution in [-0.4, -0.2) is 19.2 Å². The molecule has 1 aliphatic heterocycles. The van der Waals surface area contributed by atoms with Gasteiger partial charge in [0.05, 0.1) is 18.0 Å². The zero-order chi connectivity index (χ0) is 13.1. The van der Waals surface area contributed by atoms with Crippen LogP contribution < -0.4 is 15.4 Å². The van der Waals surface area contributed by atoms with Gasteiger partial charge in [0, 0.05) is 24.7 Å². The summed E-state index contributed by atoms with van der Waals surface area (Å²) in [6.07, 6.45) is 3.17. The van der Waals surface area contributed by atoms with E-state index in [1.54, 1.807) is 6.07 Å². The third-order valence-electron chi connectivity index (χ3n) is 3.41. The lowest BCUT2D eigenvalue weighted by atomic mass is 10.2. The Morgan fingerprint density at radius 1 is 1.50 bits per heavy atom. The summed E-state index contributed by atoms with van der Waals surface area (Å²) < 4.78 is 19.1. The Morgan fingerprint density at radius 2 is 2.28 bits per heavy atom. The van der Waals surface area contributed by atoms with Gasteiger partial charge in [-0.2, -0.15) is 0 Å². The van der Waals surface area contributed by atoms with Crippen LogP contribution in [0.4, 0.5) is 15.8 Å². The van der Waals surface area contributed by atoms with Crippen molar-refractivity contribution < 1.29 is 9.13 Å². The Kier molecular flexibility index (Phi) is 3.94. The zero-order valence-corrected chi connectivity index (χ0v) is 11.1. The minimum absolute atomic E-state index is 0.306. The van der Waals surface area contributed by atoms with Crippen LogP contribution in [-0.2, 0) is 0 Å². The Hall–Kier alpha value is -1.45. The van der Waals surface area contributed by atoms with Gasteiger partial charge in [-0.3, -0.25) is 0 Å². The molecule has 1 atom stereocenters. The van der Waals surface area contributed by atoms with E-state index in [-0.39, 0.29) is 5.82 Å². The number of nitrogen functional groups attached to an aromatic ring is 1. The van der Waals surface area contributed by atoms with Crippen LogP contribution in [0.1, 0.15) is 33.1 Å². The number of halogens is 1. The number of nitrogens with two attached hydrogens (primary N) is 1. The number of ether oxygens (including phenoxy) is 1. The quantitative estimate of drug-likeness (QED) is 0.836. The minimum Gasteiger partial charge on any atom is -0.490 e. The second-order valence-corrected chi connectivity index (χ2v) is 4.87. The van der Waals surface area contributed by atoms with Gasteiger partial charge in [-0.1, -0.05) is 6.92 Å². The molecule has 0 aromatic heterocycles. The van der Waals surface area contributed by atoms with Crippen LogP contribution in [0.15, 0.2) is 12.1 Å². The van der Waals surface area contributed by atoms with E-state index in [9.17, 15) is 4.39 Å². The molecule has 100 valence electrons. The summed E-state index contributed by atoms with van der Waals surface area (Å²) in [5.41, 5.74) is 7.31. The van der Waals surface area contributed by atoms with E-state index >= 15 is 0 Å². The summed E-state index contributed by atoms with van der Waals surface area (Å²) >= 11 is 0. The highest BCUT2D eigenvalue weighted by Gasteiger charge is 2.23. The third kappa shape index (κ3) is 2.52. The highest BCUT2D eigenvalue weighted by molar-refractivity contribution is 5.70. The van der Waals surface area contributed by atoms with Crippen LogP contribution in [0.2, 0.25) is 0 Å². The molecular formula is C14H21FN2O. The summed E-state index contributed by atoms with van der Waals surface area (Å²) in [7, 11) is 0. The fourth-order valence-corrected chi connectivity index (χ4v) is 2.42. The van der Waals surface area contributed by atoms with Crippen molar-refractivity contribution in [2.45, 2.75) is 39.2 Å². The van der Waals surface area contributed by atoms with Crippen LogP contribution in [0.25, 0.3) is 0 Å². The SMILES string of the molecule is CCCOc1cc(N2CCCC2C)c(N)cc1F. The van der Waals surface area contributed by atoms with Crippen molar-refractivity contribution in [2.75, 3.05) is 23.8 Å². The average Bonchev–Trinajstić information content (AvgIpc) is 2.74. The predicted molar refractivity (Wildman–Crippen MR) is 72.6 cm³/mol. The van der Waals surface area contributed by atoms with Gasteiger partial charge in [0.1, 0.15) is 0 Å². The van der Waals surface area contributed by atoms with E-state index < -0.39 is 0 Å². The molecule has 1 unspecified atom stereocenters. The number of anilines is 2. The Labute approximate surface area is 108 Å². The van der Waals surface area contributed by atoms with Gasteiger partial charge in [0.15, 0.2) is 11.6 Å². The first-order valence-corrected chi connectivity index (χ1v) is 6.62. The monoisotopic (exact) mass is 252 g/mol. The van der Waals surface area contributed by atoms with Gasteiger partial charge >= 0.3 is 0 Å². The van der Waals surface area contributed by atoms with Gasteiger partial charge in [0.2, 0.25) is 0 Å². The molecule has 2 rings (SSSR count). The van der Waals surface area contributed by atoms with Gasteiger partial charge < -0.3 is 15.4 Å². The number of hydrogen-bond donors (Lipinski definition) is 1. The van der Waals surface area contributed by atoms with E-state index in [2.05, 4.69) is 11.8 Å². The average molecular weight is 252 g/mol. The Morgan fingerprint density at radius 3 is 2.89 bits per heavy atom. The minimum atomic E-state index is -0.378. The summed E-state index contributed by atoms with van der Waals surface area (Å²) in [4.78, 5) is 2.23. The van der Waals surface area contributed by atoms with Crippen LogP contribution in [0, 0.1) is 5.82 Å². The summed E-state index contributed by atoms with van der Waals surface area (Å²) in [6, 6.07) is 3.56. The van der Waals surface area contributed by atoms with E-state index in [0.717, 1.165) is 31.5 Å². The fourth-order valence-electron chi connectivity index (χ4n) is 2.42. The van der Waals surface area contributed by atoms with Crippen molar-refractivity contribution in [3.63, 3.8) is 0 Å². The first-order chi connectivity index (χ1) is 8.63. The van der Waals surface area contributed by atoms with Gasteiger partial charge in [-0.15, -0.1) is 0 Å². The molecule has 0 spiro atoms. The molecule has 1 fully saturated rings. The number of nitrogens with zero attached hydrogens (tertiary/aromatic N) is 1. The van der Waals surface area contributed by atoms with Crippen molar-refractivity contribution in [2.24, 2.45) is 0 Å². The maximum absolute atomic E-state index is 13.7. The van der Waals surface area contributed by atoms with Gasteiger partial charge in [0.25, 0.3) is 0 Å². The second kappa shape index (κ2) is 5.46. The topological polar surface area (TPSA) is 38.5 Å². The van der Waals surface area contributed by atoms with Crippen molar-refractivity contribution in [1.82, 2.24) is 0 Å². The highest BCUT2D eigenvalue weighted by atomic mass is 19.1. The van der Waals surface area contributed by atoms with Gasteiger partial charge in [-0.25, -0.2) is 4.39 Å². The molecule has 1 aromatic rings. The molecule has 0 aliphatic carbocycles. The molecule has 2 N–H and O–H groups in total. The summed E-state index contributed by atoms with van der Waals surface area (Å²) in [5, 5.41) is 0. The standard InChI is InChI=1S/C14H21FN2O/c1-3-7-18-14-9-13(12(16)8-11(14)15)17-6-4-5-10(17)2/h8-10H,3-7,16H2,1-2H3. The lowest BCUT2D eigenvalue weighted by Gasteiger charge is -2.26. The van der Waals surface area contributed by atoms with E-state index in [1.807, 2.05) is 6.92 Å². The molecular weight excluding hydrogens is 231 g/mol. The highest BCUT2D eigenvalue weighted by Crippen LogP contribution is 2.35. The summed E-state index contributed by atoms with van der Waals surface area (Å²) in [6.45, 7) is 5.67. The first-order valence-electron chi connectivity index (χ1n) is 6.62. The molecule has 0 saturated carbocycles. The lowest BCUT2D eigenvalue weighted by molar-refractivity contribution is 0.301. The second-order valence-electron chi connectivity index (χ2n) is 4.87. The maximum Gasteiger partial charge on any atom is 0.167 e. The first kappa shape index (κ1) is 13.0. The van der Waals surface area contributed by atoms with Crippen molar-refractivity contribution in [3.05, 3.63) is 17.9 Å². The number of hydrogen-bond acceptors (Lipinski definition) is 3.